The second-order valence-electron chi connectivity index (χ2n) is 13.7. The number of rotatable bonds is 8. The Kier molecular flexibility index (Phi) is 12.7. The summed E-state index contributed by atoms with van der Waals surface area (Å²) in [6.07, 6.45) is 2.04. The number of nitrogens with zero attached hydrogens (tertiary/aromatic N) is 6. The minimum Gasteiger partial charge on any atom is -0.477 e. The fourth-order valence-corrected chi connectivity index (χ4v) is 9.29. The van der Waals surface area contributed by atoms with Crippen LogP contribution in [-0.2, 0) is 22.2 Å². The van der Waals surface area contributed by atoms with Gasteiger partial charge in [0.1, 0.15) is 34.1 Å². The number of halogens is 4. The second kappa shape index (κ2) is 16.5. The van der Waals surface area contributed by atoms with E-state index in [9.17, 15) is 66.9 Å². The molecule has 0 bridgehead atoms. The molecule has 2 aliphatic rings. The van der Waals surface area contributed by atoms with Crippen molar-refractivity contribution in [2.24, 2.45) is 0 Å². The topological polar surface area (TPSA) is 247 Å². The van der Waals surface area contributed by atoms with Gasteiger partial charge >= 0.3 is 27.4 Å². The predicted molar refractivity (Wildman–Crippen MR) is 202 cm³/mol. The Bertz CT molecular complexity index is 2370. The van der Waals surface area contributed by atoms with Crippen LogP contribution in [-0.4, -0.2) is 112 Å². The SMILES string of the molecule is CCn1cc(C(=O)O)c(=O)c2cc(F)c(N3CCN(P(=O)(O)O)C(C)C3)c(F)c21.CCn1cc(C(=O)O)c(=O)c2cc(F)c(N3CCN(P(=O)(O)O)C(C)C3)c(F)c21. The average molecular weight is 863 g/mol. The molecule has 4 aromatic rings. The molecule has 6 N–H and O–H groups in total. The highest BCUT2D eigenvalue weighted by Gasteiger charge is 2.38. The zero-order valence-corrected chi connectivity index (χ0v) is 33.1. The Morgan fingerprint density at radius 3 is 1.24 bits per heavy atom. The molecule has 4 heterocycles. The number of hydrogen-bond donors (Lipinski definition) is 6. The number of carboxylic acids is 2. The van der Waals surface area contributed by atoms with Gasteiger partial charge < -0.3 is 48.7 Å². The number of aromatic carboxylic acids is 2. The van der Waals surface area contributed by atoms with Gasteiger partial charge in [-0.15, -0.1) is 0 Å². The molecule has 0 aliphatic carbocycles. The quantitative estimate of drug-likeness (QED) is 0.110. The van der Waals surface area contributed by atoms with E-state index in [1.54, 1.807) is 13.8 Å². The number of anilines is 2. The summed E-state index contributed by atoms with van der Waals surface area (Å²) in [5.74, 6) is -7.12. The third kappa shape index (κ3) is 8.28. The van der Waals surface area contributed by atoms with Gasteiger partial charge in [0, 0.05) is 76.8 Å². The Morgan fingerprint density at radius 1 is 0.655 bits per heavy atom. The summed E-state index contributed by atoms with van der Waals surface area (Å²) in [6, 6.07) is 0.271. The predicted octanol–water partition coefficient (Wildman–Crippen LogP) is 3.20. The molecule has 2 atom stereocenters. The second-order valence-corrected chi connectivity index (χ2v) is 16.8. The van der Waals surface area contributed by atoms with E-state index in [1.165, 1.54) is 32.8 Å². The normalized spacial score (nSPS) is 18.4. The largest absolute Gasteiger partial charge is 0.477 e. The van der Waals surface area contributed by atoms with Crippen LogP contribution in [0.25, 0.3) is 21.8 Å². The van der Waals surface area contributed by atoms with Crippen LogP contribution in [0.3, 0.4) is 0 Å². The lowest BCUT2D eigenvalue weighted by Gasteiger charge is -2.40. The van der Waals surface area contributed by atoms with Gasteiger partial charge in [0.15, 0.2) is 11.6 Å². The molecule has 58 heavy (non-hydrogen) atoms. The minimum absolute atomic E-state index is 0.0433. The number of pyridine rings is 2. The molecule has 2 fully saturated rings. The van der Waals surface area contributed by atoms with Crippen molar-refractivity contribution in [2.75, 3.05) is 49.1 Å². The maximum atomic E-state index is 15.4. The van der Waals surface area contributed by atoms with Gasteiger partial charge in [-0.25, -0.2) is 45.6 Å². The van der Waals surface area contributed by atoms with Crippen molar-refractivity contribution in [3.8, 4) is 0 Å². The Labute approximate surface area is 326 Å². The fraction of sp³-hybridized carbons (Fsp3) is 0.412. The Hall–Kier alpha value is -4.66. The lowest BCUT2D eigenvalue weighted by atomic mass is 10.1. The van der Waals surface area contributed by atoms with Gasteiger partial charge in [-0.3, -0.25) is 9.59 Å². The number of aryl methyl sites for hydroxylation is 2. The molecule has 2 aromatic carbocycles. The van der Waals surface area contributed by atoms with E-state index in [0.29, 0.717) is 0 Å². The first-order valence-electron chi connectivity index (χ1n) is 17.7. The number of carbonyl (C=O) groups is 2. The molecule has 2 aromatic heterocycles. The molecule has 2 saturated heterocycles. The number of fused-ring (bicyclic) bond motifs is 2. The lowest BCUT2D eigenvalue weighted by Crippen LogP contribution is -2.50. The number of benzene rings is 2. The molecule has 6 rings (SSSR count). The summed E-state index contributed by atoms with van der Waals surface area (Å²) in [4.78, 5) is 87.5. The Balaban J connectivity index is 0.000000221. The number of piperazine rings is 2. The van der Waals surface area contributed by atoms with Crippen LogP contribution < -0.4 is 20.7 Å². The van der Waals surface area contributed by atoms with Crippen LogP contribution in [0.15, 0.2) is 34.1 Å². The number of aromatic nitrogens is 2. The molecular weight excluding hydrogens is 822 g/mol. The van der Waals surface area contributed by atoms with Crippen LogP contribution in [0.1, 0.15) is 48.4 Å². The van der Waals surface area contributed by atoms with Crippen molar-refractivity contribution < 1.29 is 66.1 Å². The highest BCUT2D eigenvalue weighted by Crippen LogP contribution is 2.45. The maximum Gasteiger partial charge on any atom is 0.403 e. The molecule has 0 saturated carbocycles. The van der Waals surface area contributed by atoms with E-state index in [0.717, 1.165) is 33.9 Å². The van der Waals surface area contributed by atoms with Crippen LogP contribution in [0, 0.1) is 23.3 Å². The molecule has 316 valence electrons. The molecule has 2 aliphatic heterocycles. The van der Waals surface area contributed by atoms with Crippen molar-refractivity contribution in [3.05, 3.63) is 79.4 Å². The van der Waals surface area contributed by atoms with Gasteiger partial charge in [-0.2, -0.15) is 0 Å². The first-order chi connectivity index (χ1) is 26.9. The van der Waals surface area contributed by atoms with E-state index in [4.69, 9.17) is 0 Å². The molecule has 0 spiro atoms. The molecular formula is C34H40F4N6O12P2. The van der Waals surface area contributed by atoms with Gasteiger partial charge in [-0.05, 0) is 39.8 Å². The van der Waals surface area contributed by atoms with Crippen molar-refractivity contribution in [3.63, 3.8) is 0 Å². The van der Waals surface area contributed by atoms with Crippen molar-refractivity contribution in [2.45, 2.75) is 52.9 Å². The Morgan fingerprint density at radius 2 is 0.983 bits per heavy atom. The van der Waals surface area contributed by atoms with Crippen LogP contribution in [0.5, 0.6) is 0 Å². The van der Waals surface area contributed by atoms with Crippen LogP contribution in [0.4, 0.5) is 28.9 Å². The van der Waals surface area contributed by atoms with Gasteiger partial charge in [0.2, 0.25) is 10.9 Å². The number of carboxylic acid groups (broad SMARTS) is 2. The summed E-state index contributed by atoms with van der Waals surface area (Å²) in [7, 11) is -8.99. The summed E-state index contributed by atoms with van der Waals surface area (Å²) in [5, 5.41) is 17.6. The third-order valence-corrected chi connectivity index (χ3v) is 12.6. The summed E-state index contributed by atoms with van der Waals surface area (Å²) in [6.45, 7) is 6.19. The molecule has 2 unspecified atom stereocenters. The molecule has 0 amide bonds. The summed E-state index contributed by atoms with van der Waals surface area (Å²) >= 11 is 0. The fourth-order valence-electron chi connectivity index (χ4n) is 7.41. The van der Waals surface area contributed by atoms with Gasteiger partial charge in [0.05, 0.1) is 21.8 Å². The van der Waals surface area contributed by atoms with Gasteiger partial charge in [-0.1, -0.05) is 0 Å². The first-order valence-corrected chi connectivity index (χ1v) is 20.8. The van der Waals surface area contributed by atoms with Crippen molar-refractivity contribution >= 4 is 60.6 Å². The van der Waals surface area contributed by atoms with Gasteiger partial charge in [0.25, 0.3) is 0 Å². The minimum atomic E-state index is -4.49. The first kappa shape index (κ1) is 44.4. The van der Waals surface area contributed by atoms with E-state index in [1.807, 2.05) is 0 Å². The van der Waals surface area contributed by atoms with E-state index in [2.05, 4.69) is 0 Å². The molecule has 24 heteroatoms. The van der Waals surface area contributed by atoms with E-state index < -0.39 is 96.1 Å². The standard InChI is InChI=1S/2C17H20F2N3O6P/c2*1-3-20-8-11(17(24)25)16(23)10-6-12(18)15(13(19)14(10)20)21-4-5-22(9(2)7-21)29(26,27)28/h2*6,8-9H,3-5,7H2,1-2H3,(H,24,25)(H2,26,27,28). The van der Waals surface area contributed by atoms with E-state index in [-0.39, 0.29) is 74.2 Å². The maximum absolute atomic E-state index is 15.4. The molecule has 18 nitrogen and oxygen atoms in total. The molecule has 0 radical (unpaired) electrons. The van der Waals surface area contributed by atoms with Crippen molar-refractivity contribution in [1.82, 2.24) is 18.5 Å². The average Bonchev–Trinajstić information content (AvgIpc) is 3.11. The highest BCUT2D eigenvalue weighted by molar-refractivity contribution is 7.49. The van der Waals surface area contributed by atoms with E-state index >= 15 is 8.78 Å². The lowest BCUT2D eigenvalue weighted by molar-refractivity contribution is 0.0684. The third-order valence-electron chi connectivity index (χ3n) is 10.1. The zero-order valence-electron chi connectivity index (χ0n) is 31.3. The highest BCUT2D eigenvalue weighted by atomic mass is 31.2. The monoisotopic (exact) mass is 862 g/mol. The summed E-state index contributed by atoms with van der Waals surface area (Å²) < 4.78 is 87.8. The van der Waals surface area contributed by atoms with Crippen molar-refractivity contribution in [1.29, 1.82) is 0 Å². The smallest absolute Gasteiger partial charge is 0.403 e. The number of hydrogen-bond acceptors (Lipinski definition) is 8. The van der Waals surface area contributed by atoms with Crippen LogP contribution in [0.2, 0.25) is 0 Å². The zero-order chi connectivity index (χ0) is 43.3. The summed E-state index contributed by atoms with van der Waals surface area (Å²) in [5.41, 5.74) is -4.42. The van der Waals surface area contributed by atoms with Crippen LogP contribution >= 0.6 is 15.5 Å².